The van der Waals surface area contributed by atoms with E-state index in [0.717, 1.165) is 6.07 Å². The molecule has 118 valence electrons. The minimum Gasteiger partial charge on any atom is -0.399 e. The maximum atomic E-state index is 13.8. The van der Waals surface area contributed by atoms with Gasteiger partial charge in [-0.15, -0.1) is 0 Å². The number of nitrogen functional groups attached to an aromatic ring is 1. The molecule has 0 fully saturated rings. The fraction of sp³-hybridized carbons (Fsp3) is 0.417. The average molecular weight is 382 g/mol. The quantitative estimate of drug-likeness (QED) is 0.647. The largest absolute Gasteiger partial charge is 0.399 e. The summed E-state index contributed by atoms with van der Waals surface area (Å²) in [6, 6.07) is 2.26. The van der Waals surface area contributed by atoms with Gasteiger partial charge >= 0.3 is 0 Å². The van der Waals surface area contributed by atoms with Crippen molar-refractivity contribution in [2.24, 2.45) is 0 Å². The number of amides is 1. The standard InChI is InChI=1S/C12H17BrFN3O3S/c1-7(2)17-11(18)3-4-16-21(19,20)10-6-8(15)5-9(13)12(10)14/h5-7,16H,3-4,15H2,1-2H3,(H,17,18). The van der Waals surface area contributed by atoms with Crippen molar-refractivity contribution in [2.45, 2.75) is 31.2 Å². The molecule has 0 bridgehead atoms. The van der Waals surface area contributed by atoms with Crippen LogP contribution in [0.4, 0.5) is 10.1 Å². The number of nitrogens with two attached hydrogens (primary N) is 1. The van der Waals surface area contributed by atoms with Crippen LogP contribution in [0.2, 0.25) is 0 Å². The summed E-state index contributed by atoms with van der Waals surface area (Å²) in [6.07, 6.45) is -0.0392. The van der Waals surface area contributed by atoms with Crippen molar-refractivity contribution in [2.75, 3.05) is 12.3 Å². The summed E-state index contributed by atoms with van der Waals surface area (Å²) in [5.74, 6) is -1.22. The van der Waals surface area contributed by atoms with E-state index < -0.39 is 20.7 Å². The molecule has 1 aromatic carbocycles. The first-order valence-corrected chi connectivity index (χ1v) is 8.44. The summed E-state index contributed by atoms with van der Waals surface area (Å²) < 4.78 is 40.0. The van der Waals surface area contributed by atoms with Gasteiger partial charge in [0.25, 0.3) is 0 Å². The molecule has 0 heterocycles. The highest BCUT2D eigenvalue weighted by molar-refractivity contribution is 9.10. The molecule has 0 spiro atoms. The normalized spacial score (nSPS) is 11.7. The van der Waals surface area contributed by atoms with Crippen LogP contribution < -0.4 is 15.8 Å². The predicted octanol–water partition coefficient (Wildman–Crippen LogP) is 1.36. The monoisotopic (exact) mass is 381 g/mol. The highest BCUT2D eigenvalue weighted by Gasteiger charge is 2.21. The summed E-state index contributed by atoms with van der Waals surface area (Å²) >= 11 is 2.90. The molecule has 0 unspecified atom stereocenters. The van der Waals surface area contributed by atoms with Crippen LogP contribution in [0.25, 0.3) is 0 Å². The summed E-state index contributed by atoms with van der Waals surface area (Å²) in [6.45, 7) is 3.45. The van der Waals surface area contributed by atoms with E-state index in [9.17, 15) is 17.6 Å². The molecule has 0 atom stereocenters. The number of hydrogen-bond acceptors (Lipinski definition) is 4. The molecule has 0 saturated carbocycles. The van der Waals surface area contributed by atoms with Crippen LogP contribution in [0.15, 0.2) is 21.5 Å². The Morgan fingerprint density at radius 2 is 2.05 bits per heavy atom. The fourth-order valence-electron chi connectivity index (χ4n) is 1.55. The number of anilines is 1. The van der Waals surface area contributed by atoms with Gasteiger partial charge in [0.05, 0.1) is 4.47 Å². The van der Waals surface area contributed by atoms with Gasteiger partial charge in [0.1, 0.15) is 4.90 Å². The van der Waals surface area contributed by atoms with Gasteiger partial charge in [-0.05, 0) is 41.9 Å². The highest BCUT2D eigenvalue weighted by Crippen LogP contribution is 2.25. The molecule has 0 aliphatic carbocycles. The second-order valence-electron chi connectivity index (χ2n) is 4.68. The molecule has 6 nitrogen and oxygen atoms in total. The lowest BCUT2D eigenvalue weighted by atomic mass is 10.3. The molecular formula is C12H17BrFN3O3S. The number of sulfonamides is 1. The average Bonchev–Trinajstić information content (AvgIpc) is 2.32. The third-order valence-electron chi connectivity index (χ3n) is 2.40. The molecule has 1 amide bonds. The Hall–Kier alpha value is -1.19. The molecule has 9 heteroatoms. The van der Waals surface area contributed by atoms with Crippen LogP contribution in [-0.2, 0) is 14.8 Å². The molecule has 0 saturated heterocycles. The molecule has 1 aromatic rings. The molecule has 0 aliphatic heterocycles. The lowest BCUT2D eigenvalue weighted by Gasteiger charge is -2.11. The van der Waals surface area contributed by atoms with E-state index in [4.69, 9.17) is 5.73 Å². The maximum Gasteiger partial charge on any atom is 0.243 e. The van der Waals surface area contributed by atoms with Crippen LogP contribution in [0.1, 0.15) is 20.3 Å². The van der Waals surface area contributed by atoms with Gasteiger partial charge in [-0.2, -0.15) is 0 Å². The lowest BCUT2D eigenvalue weighted by Crippen LogP contribution is -2.34. The molecule has 4 N–H and O–H groups in total. The number of halogens is 2. The summed E-state index contributed by atoms with van der Waals surface area (Å²) in [5.41, 5.74) is 5.62. The Morgan fingerprint density at radius 1 is 1.43 bits per heavy atom. The van der Waals surface area contributed by atoms with Gasteiger partial charge in [0.15, 0.2) is 5.82 Å². The zero-order chi connectivity index (χ0) is 16.2. The zero-order valence-corrected chi connectivity index (χ0v) is 14.0. The lowest BCUT2D eigenvalue weighted by molar-refractivity contribution is -0.121. The van der Waals surface area contributed by atoms with Crippen molar-refractivity contribution < 1.29 is 17.6 Å². The van der Waals surface area contributed by atoms with Crippen molar-refractivity contribution in [1.29, 1.82) is 0 Å². The van der Waals surface area contributed by atoms with Crippen LogP contribution >= 0.6 is 15.9 Å². The van der Waals surface area contributed by atoms with E-state index in [1.54, 1.807) is 13.8 Å². The van der Waals surface area contributed by atoms with Crippen molar-refractivity contribution in [3.63, 3.8) is 0 Å². The fourth-order valence-corrected chi connectivity index (χ4v) is 3.32. The van der Waals surface area contributed by atoms with Crippen LogP contribution in [0, 0.1) is 5.82 Å². The van der Waals surface area contributed by atoms with Gasteiger partial charge in [0.2, 0.25) is 15.9 Å². The van der Waals surface area contributed by atoms with E-state index in [1.165, 1.54) is 6.07 Å². The Morgan fingerprint density at radius 3 is 2.62 bits per heavy atom. The van der Waals surface area contributed by atoms with Crippen molar-refractivity contribution in [3.05, 3.63) is 22.4 Å². The first-order chi connectivity index (χ1) is 9.63. The van der Waals surface area contributed by atoms with E-state index in [1.807, 2.05) is 0 Å². The van der Waals surface area contributed by atoms with Crippen LogP contribution in [-0.4, -0.2) is 26.9 Å². The number of benzene rings is 1. The van der Waals surface area contributed by atoms with Crippen molar-refractivity contribution in [1.82, 2.24) is 10.0 Å². The Bertz CT molecular complexity index is 635. The highest BCUT2D eigenvalue weighted by atomic mass is 79.9. The van der Waals surface area contributed by atoms with E-state index in [-0.39, 0.29) is 35.1 Å². The minimum atomic E-state index is -4.08. The number of hydrogen-bond donors (Lipinski definition) is 3. The SMILES string of the molecule is CC(C)NC(=O)CCNS(=O)(=O)c1cc(N)cc(Br)c1F. The summed E-state index contributed by atoms with van der Waals surface area (Å²) in [4.78, 5) is 10.8. The second-order valence-corrected chi connectivity index (χ2v) is 7.27. The number of nitrogens with one attached hydrogen (secondary N) is 2. The molecule has 0 aromatic heterocycles. The summed E-state index contributed by atoms with van der Waals surface area (Å²) in [7, 11) is -4.08. The molecule has 0 radical (unpaired) electrons. The van der Waals surface area contributed by atoms with Crippen molar-refractivity contribution in [3.8, 4) is 0 Å². The smallest absolute Gasteiger partial charge is 0.243 e. The summed E-state index contributed by atoms with van der Waals surface area (Å²) in [5, 5.41) is 2.62. The Labute approximate surface area is 131 Å². The van der Waals surface area contributed by atoms with E-state index in [0.29, 0.717) is 0 Å². The van der Waals surface area contributed by atoms with E-state index in [2.05, 4.69) is 26.0 Å². The predicted molar refractivity (Wildman–Crippen MR) is 81.6 cm³/mol. The van der Waals surface area contributed by atoms with Gasteiger partial charge in [0, 0.05) is 24.7 Å². The minimum absolute atomic E-state index is 0.0311. The maximum absolute atomic E-state index is 13.8. The third-order valence-corrected chi connectivity index (χ3v) is 4.44. The molecule has 21 heavy (non-hydrogen) atoms. The van der Waals surface area contributed by atoms with Crippen molar-refractivity contribution >= 4 is 37.5 Å². The molecular weight excluding hydrogens is 365 g/mol. The van der Waals surface area contributed by atoms with E-state index >= 15 is 0 Å². The van der Waals surface area contributed by atoms with Crippen LogP contribution in [0.5, 0.6) is 0 Å². The first-order valence-electron chi connectivity index (χ1n) is 6.17. The van der Waals surface area contributed by atoms with Gasteiger partial charge in [-0.3, -0.25) is 4.79 Å². The number of carbonyl (C=O) groups is 1. The Kier molecular flexibility index (Phi) is 6.11. The first kappa shape index (κ1) is 17.9. The molecule has 1 rings (SSSR count). The molecule has 0 aliphatic rings. The van der Waals surface area contributed by atoms with Gasteiger partial charge in [-0.25, -0.2) is 17.5 Å². The third kappa shape index (κ3) is 5.25. The zero-order valence-electron chi connectivity index (χ0n) is 11.6. The van der Waals surface area contributed by atoms with Crippen LogP contribution in [0.3, 0.4) is 0 Å². The topological polar surface area (TPSA) is 101 Å². The number of rotatable bonds is 6. The van der Waals surface area contributed by atoms with Gasteiger partial charge in [-0.1, -0.05) is 0 Å². The Balaban J connectivity index is 2.77. The van der Waals surface area contributed by atoms with Gasteiger partial charge < -0.3 is 11.1 Å². The second kappa shape index (κ2) is 7.19. The number of carbonyl (C=O) groups excluding carboxylic acids is 1.